The fraction of sp³-hybridized carbons (Fsp3) is 0.111. The van der Waals surface area contributed by atoms with Gasteiger partial charge in [0.1, 0.15) is 17.1 Å². The predicted molar refractivity (Wildman–Crippen MR) is 179 cm³/mol. The number of phenols is 1. The Morgan fingerprint density at radius 2 is 1.50 bits per heavy atom. The fourth-order valence-corrected chi connectivity index (χ4v) is 5.93. The van der Waals surface area contributed by atoms with Crippen molar-refractivity contribution in [3.63, 3.8) is 0 Å². The molecule has 0 aliphatic rings. The number of carboxylic acid groups (broad SMARTS) is 1. The summed E-state index contributed by atoms with van der Waals surface area (Å²) in [6.07, 6.45) is 0.997. The van der Waals surface area contributed by atoms with E-state index in [4.69, 9.17) is 9.47 Å². The number of amides is 1. The maximum absolute atomic E-state index is 14.8. The Morgan fingerprint density at radius 3 is 2.17 bits per heavy atom. The van der Waals surface area contributed by atoms with Gasteiger partial charge in [0.25, 0.3) is 15.9 Å². The van der Waals surface area contributed by atoms with Crippen molar-refractivity contribution >= 4 is 33.3 Å². The average Bonchev–Trinajstić information content (AvgIpc) is 3.07. The van der Waals surface area contributed by atoms with Crippen molar-refractivity contribution in [2.24, 2.45) is 0 Å². The van der Waals surface area contributed by atoms with Crippen LogP contribution in [0.2, 0.25) is 0 Å². The van der Waals surface area contributed by atoms with Gasteiger partial charge in [-0.15, -0.1) is 0 Å². The van der Waals surface area contributed by atoms with Gasteiger partial charge in [0.05, 0.1) is 18.6 Å². The molecule has 0 atom stereocenters. The molecule has 12 heteroatoms. The summed E-state index contributed by atoms with van der Waals surface area (Å²) in [5, 5.41) is 21.5. The maximum atomic E-state index is 14.8. The zero-order chi connectivity index (χ0) is 34.3. The number of methoxy groups -OCH3 is 1. The Bertz CT molecular complexity index is 2050. The highest BCUT2D eigenvalue weighted by molar-refractivity contribution is 7.92. The molecule has 0 unspecified atom stereocenters. The topological polar surface area (TPSA) is 151 Å². The second kappa shape index (κ2) is 14.7. The second-order valence-corrected chi connectivity index (χ2v) is 12.3. The number of aromatic carboxylic acids is 1. The first-order chi connectivity index (χ1) is 23.0. The largest absolute Gasteiger partial charge is 0.508 e. The number of carbonyl (C=O) groups is 2. The van der Waals surface area contributed by atoms with Gasteiger partial charge in [-0.2, -0.15) is 0 Å². The van der Waals surface area contributed by atoms with Crippen LogP contribution in [0.25, 0.3) is 11.1 Å². The first-order valence-electron chi connectivity index (χ1n) is 14.7. The van der Waals surface area contributed by atoms with Crippen molar-refractivity contribution in [1.29, 1.82) is 0 Å². The number of halogens is 1. The van der Waals surface area contributed by atoms with E-state index in [9.17, 15) is 32.6 Å². The fourth-order valence-electron chi connectivity index (χ4n) is 4.85. The molecule has 0 bridgehead atoms. The Morgan fingerprint density at radius 1 is 0.812 bits per heavy atom. The minimum Gasteiger partial charge on any atom is -0.508 e. The number of carboxylic acids is 1. The molecule has 0 saturated carbocycles. The van der Waals surface area contributed by atoms with Crippen molar-refractivity contribution in [2.75, 3.05) is 23.8 Å². The summed E-state index contributed by atoms with van der Waals surface area (Å²) in [5.74, 6) is -2.14. The average molecular weight is 671 g/mol. The van der Waals surface area contributed by atoms with Crippen LogP contribution < -0.4 is 19.5 Å². The molecule has 5 rings (SSSR count). The number of phenolic OH excluding ortho intramolecular Hbond substituents is 1. The lowest BCUT2D eigenvalue weighted by atomic mass is 10.0. The molecular weight excluding hydrogens is 639 g/mol. The number of sulfonamides is 1. The first kappa shape index (κ1) is 33.5. The van der Waals surface area contributed by atoms with Crippen molar-refractivity contribution in [3.8, 4) is 28.4 Å². The van der Waals surface area contributed by atoms with E-state index in [0.717, 1.165) is 22.8 Å². The number of aromatic hydroxyl groups is 1. The van der Waals surface area contributed by atoms with Crippen LogP contribution in [0.15, 0.2) is 114 Å². The quantitative estimate of drug-likeness (QED) is 0.0981. The summed E-state index contributed by atoms with van der Waals surface area (Å²) in [6, 6.07) is 28.0. The van der Waals surface area contributed by atoms with Crippen LogP contribution in [-0.2, 0) is 16.4 Å². The third kappa shape index (κ3) is 8.28. The summed E-state index contributed by atoms with van der Waals surface area (Å²) >= 11 is 0. The highest BCUT2D eigenvalue weighted by atomic mass is 32.2. The summed E-state index contributed by atoms with van der Waals surface area (Å²) in [4.78, 5) is 24.0. The molecule has 48 heavy (non-hydrogen) atoms. The Hall–Kier alpha value is -5.88. The van der Waals surface area contributed by atoms with Crippen LogP contribution in [-0.4, -0.2) is 44.2 Å². The van der Waals surface area contributed by atoms with E-state index in [1.807, 2.05) is 6.07 Å². The van der Waals surface area contributed by atoms with Crippen molar-refractivity contribution in [1.82, 2.24) is 0 Å². The van der Waals surface area contributed by atoms with Gasteiger partial charge < -0.3 is 25.0 Å². The van der Waals surface area contributed by atoms with Gasteiger partial charge in [-0.1, -0.05) is 36.4 Å². The lowest BCUT2D eigenvalue weighted by Crippen LogP contribution is -2.14. The number of ether oxygens (including phenoxy) is 2. The Balaban J connectivity index is 1.12. The molecule has 0 aliphatic carbocycles. The zero-order valence-corrected chi connectivity index (χ0v) is 26.5. The van der Waals surface area contributed by atoms with Gasteiger partial charge in [0.15, 0.2) is 11.6 Å². The van der Waals surface area contributed by atoms with Crippen LogP contribution in [0.3, 0.4) is 0 Å². The molecule has 10 nitrogen and oxygen atoms in total. The number of nitrogens with one attached hydrogen (secondary N) is 2. The molecule has 0 aromatic heterocycles. The third-order valence-electron chi connectivity index (χ3n) is 7.30. The van der Waals surface area contributed by atoms with Crippen molar-refractivity contribution in [2.45, 2.75) is 17.7 Å². The van der Waals surface area contributed by atoms with Gasteiger partial charge >= 0.3 is 5.97 Å². The minimum atomic E-state index is -4.09. The molecular formula is C36H31FN2O8S. The highest BCUT2D eigenvalue weighted by Gasteiger charge is 2.20. The van der Waals surface area contributed by atoms with E-state index in [0.29, 0.717) is 18.4 Å². The van der Waals surface area contributed by atoms with Crippen LogP contribution in [0.5, 0.6) is 17.2 Å². The lowest BCUT2D eigenvalue weighted by molar-refractivity contribution is 0.0692. The number of rotatable bonds is 13. The predicted octanol–water partition coefficient (Wildman–Crippen LogP) is 6.97. The van der Waals surface area contributed by atoms with Crippen molar-refractivity contribution < 1.29 is 42.1 Å². The van der Waals surface area contributed by atoms with E-state index in [-0.39, 0.29) is 45.7 Å². The number of aryl methyl sites for hydroxylation is 1. The van der Waals surface area contributed by atoms with Gasteiger partial charge in [0.2, 0.25) is 0 Å². The lowest BCUT2D eigenvalue weighted by Gasteiger charge is -2.12. The summed E-state index contributed by atoms with van der Waals surface area (Å²) in [7, 11) is -2.79. The van der Waals surface area contributed by atoms with Gasteiger partial charge in [-0.3, -0.25) is 9.52 Å². The van der Waals surface area contributed by atoms with Crippen molar-refractivity contribution in [3.05, 3.63) is 132 Å². The Kier molecular flexibility index (Phi) is 10.2. The molecule has 246 valence electrons. The number of benzene rings is 5. The molecule has 0 saturated heterocycles. The van der Waals surface area contributed by atoms with E-state index in [1.165, 1.54) is 31.4 Å². The van der Waals surface area contributed by atoms with Crippen LogP contribution in [0.4, 0.5) is 15.8 Å². The van der Waals surface area contributed by atoms with E-state index < -0.39 is 27.7 Å². The standard InChI is InChI=1S/C36H31FN2O8S/c1-46-33-18-16-30(22-31(33)36(42)43)48(44,45)39-28-6-2-4-23(20-28)5-3-19-47-34-17-13-27(21-32(34)37)38-35(41)26-9-7-24(8-10-26)25-11-14-29(40)15-12-25/h2,4,6-18,20-22,39-40H,3,5,19H2,1H3,(H,38,41)(H,42,43). The van der Waals surface area contributed by atoms with E-state index >= 15 is 0 Å². The smallest absolute Gasteiger partial charge is 0.339 e. The molecule has 0 heterocycles. The zero-order valence-electron chi connectivity index (χ0n) is 25.6. The monoisotopic (exact) mass is 670 g/mol. The molecule has 4 N–H and O–H groups in total. The molecule has 0 aliphatic heterocycles. The van der Waals surface area contributed by atoms with E-state index in [1.54, 1.807) is 72.8 Å². The van der Waals surface area contributed by atoms with Gasteiger partial charge in [-0.25, -0.2) is 17.6 Å². The maximum Gasteiger partial charge on any atom is 0.339 e. The normalized spacial score (nSPS) is 11.0. The number of anilines is 2. The summed E-state index contributed by atoms with van der Waals surface area (Å²) in [6.45, 7) is 0.176. The van der Waals surface area contributed by atoms with Crippen LogP contribution in [0.1, 0.15) is 32.7 Å². The Labute approximate surface area is 276 Å². The summed E-state index contributed by atoms with van der Waals surface area (Å²) in [5.41, 5.74) is 3.23. The number of hydrogen-bond donors (Lipinski definition) is 4. The highest BCUT2D eigenvalue weighted by Crippen LogP contribution is 2.26. The van der Waals surface area contributed by atoms with Gasteiger partial charge in [-0.05, 0) is 96.3 Å². The number of carbonyl (C=O) groups excluding carboxylic acids is 1. The van der Waals surface area contributed by atoms with Gasteiger partial charge in [0, 0.05) is 23.0 Å². The molecule has 5 aromatic carbocycles. The second-order valence-electron chi connectivity index (χ2n) is 10.6. The minimum absolute atomic E-state index is 0.0213. The molecule has 5 aromatic rings. The van der Waals surface area contributed by atoms with Crippen LogP contribution in [0, 0.1) is 5.82 Å². The van der Waals surface area contributed by atoms with E-state index in [2.05, 4.69) is 10.0 Å². The van der Waals surface area contributed by atoms with Crippen LogP contribution >= 0.6 is 0 Å². The molecule has 1 amide bonds. The summed E-state index contributed by atoms with van der Waals surface area (Å²) < 4.78 is 53.7. The molecule has 0 fully saturated rings. The molecule has 0 radical (unpaired) electrons. The molecule has 0 spiro atoms. The first-order valence-corrected chi connectivity index (χ1v) is 16.2. The number of hydrogen-bond acceptors (Lipinski definition) is 7. The SMILES string of the molecule is COc1ccc(S(=O)(=O)Nc2cccc(CCCOc3ccc(NC(=O)c4ccc(-c5ccc(O)cc5)cc4)cc3F)c2)cc1C(=O)O. The third-order valence-corrected chi connectivity index (χ3v) is 8.67.